The molecule has 1 aliphatic heterocycles. The molecule has 1 aromatic rings. The largest absolute Gasteiger partial charge is 0.490 e. The van der Waals surface area contributed by atoms with Crippen LogP contribution in [0.15, 0.2) is 24.3 Å². The molecule has 0 radical (unpaired) electrons. The zero-order chi connectivity index (χ0) is 18.4. The molecule has 1 saturated carbocycles. The Balaban J connectivity index is 1.45. The molecule has 0 bridgehead atoms. The molecule has 6 nitrogen and oxygen atoms in total. The first-order chi connectivity index (χ1) is 12.7. The maximum absolute atomic E-state index is 12.4. The SMILES string of the molecule is CCOC(=O)N1CCC(NC(=O)c2ccc(OC3CCCC3)cc2)CC1. The number of hydrogen-bond acceptors (Lipinski definition) is 4. The summed E-state index contributed by atoms with van der Waals surface area (Å²) in [6.07, 6.45) is 6.25. The molecule has 1 saturated heterocycles. The van der Waals surface area contributed by atoms with Crippen molar-refractivity contribution in [1.82, 2.24) is 10.2 Å². The summed E-state index contributed by atoms with van der Waals surface area (Å²) in [5.74, 6) is 0.753. The van der Waals surface area contributed by atoms with Crippen molar-refractivity contribution in [3.8, 4) is 5.75 Å². The molecule has 0 atom stereocenters. The summed E-state index contributed by atoms with van der Waals surface area (Å²) in [6.45, 7) is 3.40. The van der Waals surface area contributed by atoms with E-state index >= 15 is 0 Å². The molecule has 2 amide bonds. The van der Waals surface area contributed by atoms with Crippen LogP contribution in [-0.4, -0.2) is 48.7 Å². The van der Waals surface area contributed by atoms with Gasteiger partial charge in [-0.1, -0.05) is 0 Å². The zero-order valence-corrected chi connectivity index (χ0v) is 15.4. The molecule has 1 N–H and O–H groups in total. The number of piperidine rings is 1. The minimum Gasteiger partial charge on any atom is -0.490 e. The summed E-state index contributed by atoms with van der Waals surface area (Å²) in [5, 5.41) is 3.06. The summed E-state index contributed by atoms with van der Waals surface area (Å²) >= 11 is 0. The van der Waals surface area contributed by atoms with Gasteiger partial charge in [0.2, 0.25) is 0 Å². The fourth-order valence-corrected chi connectivity index (χ4v) is 3.57. The first kappa shape index (κ1) is 18.5. The number of carbonyl (C=O) groups excluding carboxylic acids is 2. The van der Waals surface area contributed by atoms with Gasteiger partial charge in [-0.25, -0.2) is 4.79 Å². The van der Waals surface area contributed by atoms with Crippen molar-refractivity contribution in [2.45, 2.75) is 57.6 Å². The van der Waals surface area contributed by atoms with Gasteiger partial charge in [0, 0.05) is 24.7 Å². The van der Waals surface area contributed by atoms with Crippen LogP contribution in [-0.2, 0) is 4.74 Å². The standard InChI is InChI=1S/C20H28N2O4/c1-2-25-20(24)22-13-11-16(12-14-22)21-19(23)15-7-9-18(10-8-15)26-17-5-3-4-6-17/h7-10,16-17H,2-6,11-14H2,1H3,(H,21,23). The topological polar surface area (TPSA) is 67.9 Å². The van der Waals surface area contributed by atoms with Crippen molar-refractivity contribution in [3.63, 3.8) is 0 Å². The normalized spacial score (nSPS) is 18.6. The molecule has 2 aliphatic rings. The van der Waals surface area contributed by atoms with Crippen LogP contribution in [0.25, 0.3) is 0 Å². The van der Waals surface area contributed by atoms with E-state index in [0.29, 0.717) is 31.4 Å². The number of rotatable bonds is 5. The lowest BCUT2D eigenvalue weighted by atomic mass is 10.0. The van der Waals surface area contributed by atoms with E-state index in [-0.39, 0.29) is 18.0 Å². The minimum absolute atomic E-state index is 0.0769. The molecule has 26 heavy (non-hydrogen) atoms. The maximum atomic E-state index is 12.4. The zero-order valence-electron chi connectivity index (χ0n) is 15.4. The minimum atomic E-state index is -0.268. The van der Waals surface area contributed by atoms with E-state index in [1.165, 1.54) is 12.8 Å². The third kappa shape index (κ3) is 4.90. The highest BCUT2D eigenvalue weighted by Gasteiger charge is 2.25. The Hall–Kier alpha value is -2.24. The van der Waals surface area contributed by atoms with Crippen LogP contribution in [0, 0.1) is 0 Å². The Morgan fingerprint density at radius 2 is 1.73 bits per heavy atom. The molecule has 2 fully saturated rings. The van der Waals surface area contributed by atoms with Crippen molar-refractivity contribution in [2.24, 2.45) is 0 Å². The third-order valence-electron chi connectivity index (χ3n) is 5.08. The van der Waals surface area contributed by atoms with Crippen LogP contribution in [0.3, 0.4) is 0 Å². The van der Waals surface area contributed by atoms with Crippen LogP contribution < -0.4 is 10.1 Å². The quantitative estimate of drug-likeness (QED) is 0.874. The smallest absolute Gasteiger partial charge is 0.409 e. The number of carbonyl (C=O) groups is 2. The van der Waals surface area contributed by atoms with Crippen LogP contribution >= 0.6 is 0 Å². The van der Waals surface area contributed by atoms with Crippen molar-refractivity contribution in [2.75, 3.05) is 19.7 Å². The molecule has 0 spiro atoms. The fraction of sp³-hybridized carbons (Fsp3) is 0.600. The Labute approximate surface area is 154 Å². The number of nitrogens with zero attached hydrogens (tertiary/aromatic N) is 1. The average Bonchev–Trinajstić information content (AvgIpc) is 3.16. The third-order valence-corrected chi connectivity index (χ3v) is 5.08. The lowest BCUT2D eigenvalue weighted by molar-refractivity contribution is 0.0860. The lowest BCUT2D eigenvalue weighted by Gasteiger charge is -2.31. The Bertz CT molecular complexity index is 603. The van der Waals surface area contributed by atoms with Crippen LogP contribution in [0.5, 0.6) is 5.75 Å². The molecule has 142 valence electrons. The van der Waals surface area contributed by atoms with Crippen molar-refractivity contribution in [3.05, 3.63) is 29.8 Å². The lowest BCUT2D eigenvalue weighted by Crippen LogP contribution is -2.46. The summed E-state index contributed by atoms with van der Waals surface area (Å²) in [4.78, 5) is 25.8. The Morgan fingerprint density at radius 3 is 2.35 bits per heavy atom. The summed E-state index contributed by atoms with van der Waals surface area (Å²) in [7, 11) is 0. The van der Waals surface area contributed by atoms with E-state index in [2.05, 4.69) is 5.32 Å². The molecule has 1 aromatic carbocycles. The molecule has 0 unspecified atom stereocenters. The predicted octanol–water partition coefficient (Wildman–Crippen LogP) is 3.36. The van der Waals surface area contributed by atoms with E-state index in [4.69, 9.17) is 9.47 Å². The van der Waals surface area contributed by atoms with Gasteiger partial charge in [-0.15, -0.1) is 0 Å². The highest BCUT2D eigenvalue weighted by Crippen LogP contribution is 2.24. The number of hydrogen-bond donors (Lipinski definition) is 1. The number of nitrogens with one attached hydrogen (secondary N) is 1. The number of ether oxygens (including phenoxy) is 2. The van der Waals surface area contributed by atoms with Crippen molar-refractivity contribution >= 4 is 12.0 Å². The Morgan fingerprint density at radius 1 is 1.08 bits per heavy atom. The second kappa shape index (κ2) is 8.92. The van der Waals surface area contributed by atoms with Gasteiger partial charge in [0.05, 0.1) is 12.7 Å². The summed E-state index contributed by atoms with van der Waals surface area (Å²) < 4.78 is 10.9. The van der Waals surface area contributed by atoms with Crippen LogP contribution in [0.1, 0.15) is 55.8 Å². The van der Waals surface area contributed by atoms with E-state index < -0.39 is 0 Å². The van der Waals surface area contributed by atoms with Gasteiger partial charge < -0.3 is 19.7 Å². The predicted molar refractivity (Wildman–Crippen MR) is 98.4 cm³/mol. The van der Waals surface area contributed by atoms with Gasteiger partial charge in [-0.05, 0) is 69.7 Å². The van der Waals surface area contributed by atoms with Gasteiger partial charge in [0.25, 0.3) is 5.91 Å². The molecule has 1 heterocycles. The van der Waals surface area contributed by atoms with Gasteiger partial charge in [-0.3, -0.25) is 4.79 Å². The number of amides is 2. The molecule has 1 aliphatic carbocycles. The van der Waals surface area contributed by atoms with Gasteiger partial charge in [-0.2, -0.15) is 0 Å². The second-order valence-electron chi connectivity index (χ2n) is 6.98. The molecule has 0 aromatic heterocycles. The van der Waals surface area contributed by atoms with Crippen LogP contribution in [0.4, 0.5) is 4.79 Å². The Kier molecular flexibility index (Phi) is 6.36. The second-order valence-corrected chi connectivity index (χ2v) is 6.98. The van der Waals surface area contributed by atoms with Crippen molar-refractivity contribution < 1.29 is 19.1 Å². The van der Waals surface area contributed by atoms with Gasteiger partial charge in [0.1, 0.15) is 5.75 Å². The number of benzene rings is 1. The van der Waals surface area contributed by atoms with E-state index in [9.17, 15) is 9.59 Å². The van der Waals surface area contributed by atoms with Gasteiger partial charge in [0.15, 0.2) is 0 Å². The molecule has 6 heteroatoms. The summed E-state index contributed by atoms with van der Waals surface area (Å²) in [6, 6.07) is 7.45. The average molecular weight is 360 g/mol. The maximum Gasteiger partial charge on any atom is 0.409 e. The highest BCUT2D eigenvalue weighted by atomic mass is 16.6. The summed E-state index contributed by atoms with van der Waals surface area (Å²) in [5.41, 5.74) is 0.636. The van der Waals surface area contributed by atoms with E-state index in [1.54, 1.807) is 11.8 Å². The molecule has 3 rings (SSSR count). The fourth-order valence-electron chi connectivity index (χ4n) is 3.57. The van der Waals surface area contributed by atoms with Crippen LogP contribution in [0.2, 0.25) is 0 Å². The monoisotopic (exact) mass is 360 g/mol. The molecular weight excluding hydrogens is 332 g/mol. The number of likely N-dealkylation sites (tertiary alicyclic amines) is 1. The van der Waals surface area contributed by atoms with E-state index in [0.717, 1.165) is 31.4 Å². The van der Waals surface area contributed by atoms with Gasteiger partial charge >= 0.3 is 6.09 Å². The van der Waals surface area contributed by atoms with E-state index in [1.807, 2.05) is 24.3 Å². The van der Waals surface area contributed by atoms with Crippen molar-refractivity contribution in [1.29, 1.82) is 0 Å². The first-order valence-electron chi connectivity index (χ1n) is 9.65. The first-order valence-corrected chi connectivity index (χ1v) is 9.65. The highest BCUT2D eigenvalue weighted by molar-refractivity contribution is 5.94. The molecular formula is C20H28N2O4.